The smallest absolute Gasteiger partial charge is 0.180 e. The predicted molar refractivity (Wildman–Crippen MR) is 270 cm³/mol. The Balaban J connectivity index is 1.14. The minimum atomic E-state index is -2.98. The molecule has 0 bridgehead atoms. The topological polar surface area (TPSA) is 9.86 Å². The Morgan fingerprint density at radius 1 is 0.254 bits per heavy atom. The Labute approximate surface area is 368 Å². The third-order valence-corrected chi connectivity index (χ3v) is 17.9. The molecule has 0 unspecified atom stereocenters. The summed E-state index contributed by atoms with van der Waals surface area (Å²) in [5, 5.41) is 10.5. The third-order valence-electron chi connectivity index (χ3n) is 13.1. The van der Waals surface area contributed by atoms with Gasteiger partial charge in [0.15, 0.2) is 8.07 Å². The first kappa shape index (κ1) is 36.8. The maximum absolute atomic E-state index is 2.98. The number of hydrogen-bond donors (Lipinski definition) is 0. The van der Waals surface area contributed by atoms with E-state index in [4.69, 9.17) is 0 Å². The molecule has 0 N–H and O–H groups in total. The Hall–Kier alpha value is -7.98. The fourth-order valence-corrected chi connectivity index (χ4v) is 15.3. The van der Waals surface area contributed by atoms with E-state index >= 15 is 0 Å². The minimum absolute atomic E-state index is 1.14. The summed E-state index contributed by atoms with van der Waals surface area (Å²) >= 11 is 0. The number of benzene rings is 10. The van der Waals surface area contributed by atoms with Crippen molar-refractivity contribution in [1.82, 2.24) is 9.13 Å². The van der Waals surface area contributed by atoms with E-state index in [0.717, 1.165) is 5.69 Å². The van der Waals surface area contributed by atoms with Gasteiger partial charge < -0.3 is 9.13 Å². The number of nitrogens with zero attached hydrogens (tertiary/aromatic N) is 2. The molecule has 296 valence electrons. The Morgan fingerprint density at radius 2 is 0.651 bits per heavy atom. The summed E-state index contributed by atoms with van der Waals surface area (Å²) in [4.78, 5) is 0. The second kappa shape index (κ2) is 15.2. The molecule has 0 saturated carbocycles. The maximum Gasteiger partial charge on any atom is 0.180 e. The van der Waals surface area contributed by atoms with Gasteiger partial charge in [-0.1, -0.05) is 212 Å². The lowest BCUT2D eigenvalue weighted by Gasteiger charge is -2.35. The summed E-state index contributed by atoms with van der Waals surface area (Å²) in [6, 6.07) is 94.3. The van der Waals surface area contributed by atoms with E-state index < -0.39 is 8.07 Å². The molecule has 0 saturated heterocycles. The third kappa shape index (κ3) is 5.85. The van der Waals surface area contributed by atoms with Crippen molar-refractivity contribution in [1.29, 1.82) is 0 Å². The molecule has 0 aliphatic rings. The van der Waals surface area contributed by atoms with Crippen molar-refractivity contribution in [3.05, 3.63) is 255 Å². The molecule has 12 rings (SSSR count). The molecule has 63 heavy (non-hydrogen) atoms. The van der Waals surface area contributed by atoms with Gasteiger partial charge in [-0.3, -0.25) is 0 Å². The van der Waals surface area contributed by atoms with Crippen molar-refractivity contribution < 1.29 is 0 Å². The van der Waals surface area contributed by atoms with Gasteiger partial charge >= 0.3 is 0 Å². The van der Waals surface area contributed by atoms with Gasteiger partial charge in [-0.15, -0.1) is 0 Å². The molecule has 3 heteroatoms. The summed E-state index contributed by atoms with van der Waals surface area (Å²) in [6.45, 7) is 0. The van der Waals surface area contributed by atoms with Crippen LogP contribution >= 0.6 is 0 Å². The molecule has 0 radical (unpaired) electrons. The largest absolute Gasteiger partial charge is 0.309 e. The second-order valence-corrected chi connectivity index (χ2v) is 20.2. The molecule has 0 spiro atoms. The van der Waals surface area contributed by atoms with Crippen LogP contribution in [0.1, 0.15) is 0 Å². The zero-order valence-corrected chi connectivity index (χ0v) is 35.6. The summed E-state index contributed by atoms with van der Waals surface area (Å²) < 4.78 is 4.98. The van der Waals surface area contributed by atoms with Gasteiger partial charge in [0.05, 0.1) is 27.8 Å². The van der Waals surface area contributed by atoms with Crippen molar-refractivity contribution in [2.75, 3.05) is 0 Å². The fraction of sp³-hybridized carbons (Fsp3) is 0. The normalized spacial score (nSPS) is 11.8. The van der Waals surface area contributed by atoms with Crippen LogP contribution in [0.3, 0.4) is 0 Å². The lowest BCUT2D eigenvalue weighted by Crippen LogP contribution is -2.74. The van der Waals surface area contributed by atoms with Crippen molar-refractivity contribution in [3.8, 4) is 33.6 Å². The number of hydrogen-bond acceptors (Lipinski definition) is 0. The average molecular weight is 819 g/mol. The van der Waals surface area contributed by atoms with Crippen molar-refractivity contribution in [3.63, 3.8) is 0 Å². The lowest BCUT2D eigenvalue weighted by atomic mass is 10.1. The molecule has 2 aromatic heterocycles. The molecule has 12 aromatic rings. The van der Waals surface area contributed by atoms with E-state index in [-0.39, 0.29) is 0 Å². The first-order valence-electron chi connectivity index (χ1n) is 21.8. The van der Waals surface area contributed by atoms with E-state index in [0.29, 0.717) is 0 Å². The first-order valence-corrected chi connectivity index (χ1v) is 23.8. The van der Waals surface area contributed by atoms with Gasteiger partial charge in [-0.2, -0.15) is 0 Å². The Morgan fingerprint density at radius 3 is 1.22 bits per heavy atom. The van der Waals surface area contributed by atoms with Crippen LogP contribution in [0, 0.1) is 0 Å². The monoisotopic (exact) mass is 818 g/mol. The molecule has 0 aliphatic carbocycles. The van der Waals surface area contributed by atoms with Gasteiger partial charge in [0, 0.05) is 27.2 Å². The highest BCUT2D eigenvalue weighted by Gasteiger charge is 2.43. The highest BCUT2D eigenvalue weighted by molar-refractivity contribution is 7.20. The minimum Gasteiger partial charge on any atom is -0.309 e. The van der Waals surface area contributed by atoms with Crippen LogP contribution in [-0.4, -0.2) is 17.2 Å². The molecule has 0 fully saturated rings. The first-order chi connectivity index (χ1) is 31.3. The van der Waals surface area contributed by atoms with E-state index in [1.807, 2.05) is 0 Å². The quantitative estimate of drug-likeness (QED) is 0.107. The Kier molecular flexibility index (Phi) is 8.87. The van der Waals surface area contributed by atoms with Crippen molar-refractivity contribution in [2.24, 2.45) is 0 Å². The van der Waals surface area contributed by atoms with Gasteiger partial charge in [0.2, 0.25) is 0 Å². The molecule has 2 heterocycles. The van der Waals surface area contributed by atoms with E-state index in [1.165, 1.54) is 92.3 Å². The fourth-order valence-electron chi connectivity index (χ4n) is 10.4. The van der Waals surface area contributed by atoms with Gasteiger partial charge in [0.1, 0.15) is 0 Å². The molecule has 0 aliphatic heterocycles. The van der Waals surface area contributed by atoms with Crippen molar-refractivity contribution in [2.45, 2.75) is 0 Å². The molecule has 0 amide bonds. The summed E-state index contributed by atoms with van der Waals surface area (Å²) in [6.07, 6.45) is 0. The molecule has 0 atom stereocenters. The SMILES string of the molecule is c1ccc(-c2ccc(-n3c4ccccc4c4c(-n5c6ccccc6c6c([Si](c7ccccc7)(c7ccccc7)c7ccc(-c8ccccc8)cc7)cccc65)cccc43)cc2)cc1. The van der Waals surface area contributed by atoms with Crippen LogP contribution in [0.5, 0.6) is 0 Å². The van der Waals surface area contributed by atoms with Crippen molar-refractivity contribution >= 4 is 72.4 Å². The number of rotatable bonds is 8. The highest BCUT2D eigenvalue weighted by atomic mass is 28.3. The maximum atomic E-state index is 2.54. The van der Waals surface area contributed by atoms with E-state index in [9.17, 15) is 0 Å². The summed E-state index contributed by atoms with van der Waals surface area (Å²) in [5.74, 6) is 0. The zero-order valence-electron chi connectivity index (χ0n) is 34.6. The van der Waals surface area contributed by atoms with Crippen LogP contribution in [-0.2, 0) is 0 Å². The predicted octanol–water partition coefficient (Wildman–Crippen LogP) is 12.6. The number of para-hydroxylation sites is 2. The van der Waals surface area contributed by atoms with Gasteiger partial charge in [-0.25, -0.2) is 0 Å². The lowest BCUT2D eigenvalue weighted by molar-refractivity contribution is 1.17. The highest BCUT2D eigenvalue weighted by Crippen LogP contribution is 2.40. The van der Waals surface area contributed by atoms with Crippen LogP contribution in [0.4, 0.5) is 0 Å². The molecular weight excluding hydrogens is 777 g/mol. The number of fused-ring (bicyclic) bond motifs is 6. The van der Waals surface area contributed by atoms with E-state index in [2.05, 4.69) is 264 Å². The van der Waals surface area contributed by atoms with E-state index in [1.54, 1.807) is 0 Å². The van der Waals surface area contributed by atoms with Gasteiger partial charge in [-0.05, 0) is 85.5 Å². The van der Waals surface area contributed by atoms with Crippen LogP contribution < -0.4 is 20.7 Å². The number of aromatic nitrogens is 2. The van der Waals surface area contributed by atoms with Crippen LogP contribution in [0.25, 0.3) is 77.2 Å². The molecule has 10 aromatic carbocycles. The molecular formula is C60H42N2Si. The van der Waals surface area contributed by atoms with Gasteiger partial charge in [0.25, 0.3) is 0 Å². The summed E-state index contributed by atoms with van der Waals surface area (Å²) in [7, 11) is -2.98. The average Bonchev–Trinajstić information content (AvgIpc) is 3.89. The zero-order chi connectivity index (χ0) is 41.7. The summed E-state index contributed by atoms with van der Waals surface area (Å²) in [5.41, 5.74) is 11.9. The second-order valence-electron chi connectivity index (χ2n) is 16.4. The Bertz CT molecular complexity index is 3530. The van der Waals surface area contributed by atoms with Crippen LogP contribution in [0.15, 0.2) is 255 Å². The molecule has 2 nitrogen and oxygen atoms in total. The standard InChI is InChI=1S/C60H42N2Si/c1-5-19-43(20-6-1)45-35-39-47(40-36-45)61-53-29-15-13-27-51(53)59-55(61)31-17-32-56(59)62-54-30-16-14-28-52(54)60-57(62)33-18-34-58(60)63(48-23-9-3-10-24-48,49-25-11-4-12-26-49)50-41-37-46(38-42-50)44-21-7-2-8-22-44/h1-42H. The van der Waals surface area contributed by atoms with Crippen LogP contribution in [0.2, 0.25) is 0 Å².